The molecule has 0 radical (unpaired) electrons. The first kappa shape index (κ1) is 13.2. The van der Waals surface area contributed by atoms with Crippen LogP contribution in [0.2, 0.25) is 0 Å². The van der Waals surface area contributed by atoms with Crippen molar-refractivity contribution in [3.63, 3.8) is 0 Å². The molecule has 0 spiro atoms. The van der Waals surface area contributed by atoms with Crippen LogP contribution < -0.4 is 5.73 Å². The van der Waals surface area contributed by atoms with Crippen LogP contribution in [0.25, 0.3) is 16.2 Å². The summed E-state index contributed by atoms with van der Waals surface area (Å²) in [4.78, 5) is 6.68. The minimum Gasteiger partial charge on any atom is -0.383 e. The van der Waals surface area contributed by atoms with Crippen LogP contribution in [0.5, 0.6) is 0 Å². The Morgan fingerprint density at radius 1 is 1.25 bits per heavy atom. The van der Waals surface area contributed by atoms with Crippen LogP contribution in [0.4, 0.5) is 5.82 Å². The SMILES string of the molecule is CCc1sc2ncc(N)n2c1-c1ccc(C(C)C)cc1. The van der Waals surface area contributed by atoms with Crippen LogP contribution in [0.1, 0.15) is 37.1 Å². The van der Waals surface area contributed by atoms with Crippen molar-refractivity contribution in [1.29, 1.82) is 0 Å². The van der Waals surface area contributed by atoms with E-state index in [1.165, 1.54) is 21.7 Å². The fraction of sp³-hybridized carbons (Fsp3) is 0.312. The standard InChI is InChI=1S/C16H19N3S/c1-4-13-15(19-14(17)9-18-16(19)20-13)12-7-5-11(6-8-12)10(2)3/h5-10H,4,17H2,1-3H3. The number of aryl methyl sites for hydroxylation is 1. The molecule has 2 aromatic heterocycles. The number of rotatable bonds is 3. The fourth-order valence-corrected chi connectivity index (χ4v) is 3.55. The Morgan fingerprint density at radius 2 is 1.95 bits per heavy atom. The van der Waals surface area contributed by atoms with E-state index >= 15 is 0 Å². The predicted molar refractivity (Wildman–Crippen MR) is 86.4 cm³/mol. The minimum atomic E-state index is 0.551. The second-order valence-electron chi connectivity index (χ2n) is 5.31. The van der Waals surface area contributed by atoms with E-state index in [0.717, 1.165) is 11.4 Å². The molecule has 0 aliphatic heterocycles. The smallest absolute Gasteiger partial charge is 0.196 e. The lowest BCUT2D eigenvalue weighted by Gasteiger charge is -2.08. The zero-order valence-corrected chi connectivity index (χ0v) is 12.9. The van der Waals surface area contributed by atoms with E-state index in [4.69, 9.17) is 5.73 Å². The fourth-order valence-electron chi connectivity index (χ4n) is 2.48. The second kappa shape index (κ2) is 4.94. The van der Waals surface area contributed by atoms with Gasteiger partial charge in [-0.05, 0) is 23.5 Å². The maximum Gasteiger partial charge on any atom is 0.196 e. The molecule has 0 bridgehead atoms. The van der Waals surface area contributed by atoms with Crippen LogP contribution in [0, 0.1) is 0 Å². The van der Waals surface area contributed by atoms with Gasteiger partial charge in [0.15, 0.2) is 4.96 Å². The number of nitrogens with two attached hydrogens (primary N) is 1. The lowest BCUT2D eigenvalue weighted by molar-refractivity contribution is 0.867. The highest BCUT2D eigenvalue weighted by molar-refractivity contribution is 7.17. The summed E-state index contributed by atoms with van der Waals surface area (Å²) in [5.41, 5.74) is 9.83. The first-order chi connectivity index (χ1) is 9.61. The van der Waals surface area contributed by atoms with Gasteiger partial charge in [-0.1, -0.05) is 45.0 Å². The van der Waals surface area contributed by atoms with Crippen molar-refractivity contribution in [3.8, 4) is 11.3 Å². The topological polar surface area (TPSA) is 43.3 Å². The number of nitrogen functional groups attached to an aromatic ring is 1. The van der Waals surface area contributed by atoms with Gasteiger partial charge in [0, 0.05) is 4.88 Å². The molecule has 0 saturated carbocycles. The van der Waals surface area contributed by atoms with Crippen LogP contribution in [-0.4, -0.2) is 9.38 Å². The second-order valence-corrected chi connectivity index (χ2v) is 6.37. The third kappa shape index (κ3) is 2.00. The van der Waals surface area contributed by atoms with Crippen LogP contribution in [0.15, 0.2) is 30.5 Å². The number of aromatic nitrogens is 2. The molecule has 0 aliphatic carbocycles. The number of nitrogens with zero attached hydrogens (tertiary/aromatic N) is 2. The molecule has 2 heterocycles. The number of hydrogen-bond donors (Lipinski definition) is 1. The van der Waals surface area contributed by atoms with E-state index in [1.54, 1.807) is 17.5 Å². The first-order valence-corrected chi connectivity index (χ1v) is 7.78. The monoisotopic (exact) mass is 285 g/mol. The lowest BCUT2D eigenvalue weighted by atomic mass is 10.0. The van der Waals surface area contributed by atoms with Crippen molar-refractivity contribution < 1.29 is 0 Å². The van der Waals surface area contributed by atoms with Crippen LogP contribution in [0.3, 0.4) is 0 Å². The van der Waals surface area contributed by atoms with Gasteiger partial charge in [-0.3, -0.25) is 4.40 Å². The molecule has 0 amide bonds. The van der Waals surface area contributed by atoms with E-state index in [0.29, 0.717) is 11.7 Å². The van der Waals surface area contributed by atoms with Gasteiger partial charge in [0.25, 0.3) is 0 Å². The van der Waals surface area contributed by atoms with Crippen molar-refractivity contribution in [2.24, 2.45) is 0 Å². The van der Waals surface area contributed by atoms with E-state index < -0.39 is 0 Å². The van der Waals surface area contributed by atoms with E-state index in [9.17, 15) is 0 Å². The van der Waals surface area contributed by atoms with Crippen LogP contribution in [-0.2, 0) is 6.42 Å². The highest BCUT2D eigenvalue weighted by Gasteiger charge is 2.16. The average molecular weight is 285 g/mol. The molecule has 104 valence electrons. The Bertz CT molecular complexity index is 735. The number of anilines is 1. The summed E-state index contributed by atoms with van der Waals surface area (Å²) >= 11 is 1.72. The average Bonchev–Trinajstić information content (AvgIpc) is 2.99. The number of hydrogen-bond acceptors (Lipinski definition) is 3. The Kier molecular flexibility index (Phi) is 3.26. The Labute approximate surface area is 123 Å². The van der Waals surface area contributed by atoms with E-state index in [2.05, 4.69) is 54.4 Å². The van der Waals surface area contributed by atoms with Gasteiger partial charge in [-0.25, -0.2) is 4.98 Å². The maximum atomic E-state index is 6.07. The molecular weight excluding hydrogens is 266 g/mol. The third-order valence-electron chi connectivity index (χ3n) is 3.63. The predicted octanol–water partition coefficient (Wildman–Crippen LogP) is 4.33. The quantitative estimate of drug-likeness (QED) is 0.778. The first-order valence-electron chi connectivity index (χ1n) is 6.96. The molecular formula is C16H19N3S. The molecule has 3 aromatic rings. The van der Waals surface area contributed by atoms with Crippen LogP contribution >= 0.6 is 11.3 Å². The molecule has 20 heavy (non-hydrogen) atoms. The highest BCUT2D eigenvalue weighted by atomic mass is 32.1. The summed E-state index contributed by atoms with van der Waals surface area (Å²) in [7, 11) is 0. The molecule has 1 aromatic carbocycles. The molecule has 0 fully saturated rings. The minimum absolute atomic E-state index is 0.551. The highest BCUT2D eigenvalue weighted by Crippen LogP contribution is 2.34. The Balaban J connectivity index is 2.19. The maximum absolute atomic E-state index is 6.07. The zero-order valence-electron chi connectivity index (χ0n) is 12.1. The zero-order chi connectivity index (χ0) is 14.3. The molecule has 0 atom stereocenters. The normalized spacial score (nSPS) is 11.6. The molecule has 0 saturated heterocycles. The Morgan fingerprint density at radius 3 is 2.55 bits per heavy atom. The number of fused-ring (bicyclic) bond motifs is 1. The summed E-state index contributed by atoms with van der Waals surface area (Å²) in [6, 6.07) is 8.79. The van der Waals surface area contributed by atoms with Gasteiger partial charge < -0.3 is 5.73 Å². The van der Waals surface area contributed by atoms with Crippen molar-refractivity contribution in [2.75, 3.05) is 5.73 Å². The van der Waals surface area contributed by atoms with Gasteiger partial charge >= 0.3 is 0 Å². The number of imidazole rings is 1. The number of thiazole rings is 1. The summed E-state index contributed by atoms with van der Waals surface area (Å²) in [6.45, 7) is 6.60. The molecule has 0 aliphatic rings. The summed E-state index contributed by atoms with van der Waals surface area (Å²) < 4.78 is 2.06. The lowest BCUT2D eigenvalue weighted by Crippen LogP contribution is -1.95. The molecule has 0 unspecified atom stereocenters. The molecule has 2 N–H and O–H groups in total. The van der Waals surface area contributed by atoms with Crippen molar-refractivity contribution >= 4 is 22.1 Å². The largest absolute Gasteiger partial charge is 0.383 e. The number of benzene rings is 1. The van der Waals surface area contributed by atoms with Gasteiger partial charge in [-0.2, -0.15) is 0 Å². The van der Waals surface area contributed by atoms with Crippen molar-refractivity contribution in [2.45, 2.75) is 33.1 Å². The Hall–Kier alpha value is -1.81. The summed E-state index contributed by atoms with van der Waals surface area (Å²) in [5.74, 6) is 1.26. The summed E-state index contributed by atoms with van der Waals surface area (Å²) in [6.07, 6.45) is 2.73. The molecule has 4 heteroatoms. The molecule has 3 rings (SSSR count). The van der Waals surface area contributed by atoms with Crippen molar-refractivity contribution in [3.05, 3.63) is 40.9 Å². The van der Waals surface area contributed by atoms with Gasteiger partial charge in [0.1, 0.15) is 5.82 Å². The van der Waals surface area contributed by atoms with Gasteiger partial charge in [0.05, 0.1) is 11.9 Å². The molecule has 3 nitrogen and oxygen atoms in total. The van der Waals surface area contributed by atoms with Gasteiger partial charge in [0.2, 0.25) is 0 Å². The van der Waals surface area contributed by atoms with E-state index in [1.807, 2.05) is 0 Å². The van der Waals surface area contributed by atoms with Crippen molar-refractivity contribution in [1.82, 2.24) is 9.38 Å². The van der Waals surface area contributed by atoms with Gasteiger partial charge in [-0.15, -0.1) is 11.3 Å². The van der Waals surface area contributed by atoms with E-state index in [-0.39, 0.29) is 0 Å². The summed E-state index contributed by atoms with van der Waals surface area (Å²) in [5, 5.41) is 0. The third-order valence-corrected chi connectivity index (χ3v) is 4.83.